The second kappa shape index (κ2) is 35.1. The van der Waals surface area contributed by atoms with Crippen LogP contribution in [0.4, 0.5) is 0 Å². The third-order valence-electron chi connectivity index (χ3n) is 9.68. The first kappa shape index (κ1) is 56.2. The summed E-state index contributed by atoms with van der Waals surface area (Å²) >= 11 is 0. The van der Waals surface area contributed by atoms with Crippen molar-refractivity contribution in [3.63, 3.8) is 0 Å². The van der Waals surface area contributed by atoms with Crippen LogP contribution in [0.3, 0.4) is 0 Å². The average molecular weight is 809 g/mol. The summed E-state index contributed by atoms with van der Waals surface area (Å²) in [6, 6.07) is 0. The fourth-order valence-electron chi connectivity index (χ4n) is 6.04. The molecule has 4 atom stereocenters. The number of unbranched alkanes of at least 4 members (excludes halogenated alkanes) is 4. The zero-order valence-corrected chi connectivity index (χ0v) is 41.0. The van der Waals surface area contributed by atoms with E-state index < -0.39 is 18.1 Å². The zero-order chi connectivity index (χ0) is 41.4. The molecule has 0 aromatic heterocycles. The Labute approximate surface area is 340 Å². The van der Waals surface area contributed by atoms with E-state index in [0.29, 0.717) is 50.1 Å². The minimum atomic E-state index is -3.27. The van der Waals surface area contributed by atoms with Crippen LogP contribution >= 0.6 is 0 Å². The van der Waals surface area contributed by atoms with E-state index in [0.717, 1.165) is 25.7 Å². The molecule has 0 fully saturated rings. The van der Waals surface area contributed by atoms with Gasteiger partial charge in [-0.1, -0.05) is 132 Å². The summed E-state index contributed by atoms with van der Waals surface area (Å²) in [5.41, 5.74) is 0. The molecule has 328 valence electrons. The highest BCUT2D eigenvalue weighted by Crippen LogP contribution is 2.26. The molecule has 0 aliphatic carbocycles. The molecule has 0 aliphatic rings. The first-order valence-corrected chi connectivity index (χ1v) is 26.2. The molecule has 0 aromatic rings. The summed E-state index contributed by atoms with van der Waals surface area (Å²) in [5.74, 6) is 2.14. The maximum Gasteiger partial charge on any atom is 0.680 e. The Morgan fingerprint density at radius 3 is 0.667 bits per heavy atom. The van der Waals surface area contributed by atoms with E-state index in [9.17, 15) is 0 Å². The molecule has 10 heteroatoms. The molecule has 4 unspecified atom stereocenters. The van der Waals surface area contributed by atoms with Crippen molar-refractivity contribution in [3.05, 3.63) is 0 Å². The highest BCUT2D eigenvalue weighted by atomic mass is 28.4. The minimum absolute atomic E-state index is 0.0120. The third-order valence-corrected chi connectivity index (χ3v) is 14.8. The summed E-state index contributed by atoms with van der Waals surface area (Å²) in [7, 11) is -6.32. The summed E-state index contributed by atoms with van der Waals surface area (Å²) in [5, 5.41) is 0. The molecule has 0 bridgehead atoms. The molecular weight excluding hydrogens is 713 g/mol. The molecule has 0 aliphatic heterocycles. The summed E-state index contributed by atoms with van der Waals surface area (Å²) in [4.78, 5) is 0. The Hall–Kier alpha value is 0.114. The Morgan fingerprint density at radius 2 is 0.519 bits per heavy atom. The molecule has 0 heterocycles. The largest absolute Gasteiger partial charge is 0.680 e. The van der Waals surface area contributed by atoms with Crippen molar-refractivity contribution in [2.24, 2.45) is 23.7 Å². The average Bonchev–Trinajstić information content (AvgIpc) is 3.10. The third kappa shape index (κ3) is 29.3. The van der Waals surface area contributed by atoms with Crippen LogP contribution in [0, 0.1) is 23.7 Å². The standard InChI is InChI=1S/C32H68O4Si.C12H28O4Si/c1-9-17-21-29(13-5)25-33-37(34-26-30(14-6)22-18-10-2,35-27-31(15-7)23-19-11-3)36-28-32(16-8)24-20-12-4;1-9(2)13-17(14-10(3)4,15-11(5)6)16-12(7)8/h29-32H,9-28H2,1-8H3;9-12H,1-8H3. The van der Waals surface area contributed by atoms with E-state index >= 15 is 0 Å². The molecule has 54 heavy (non-hydrogen) atoms. The Balaban J connectivity index is 0. The molecule has 8 nitrogen and oxygen atoms in total. The van der Waals surface area contributed by atoms with Gasteiger partial charge >= 0.3 is 18.1 Å². The quantitative estimate of drug-likeness (QED) is 0.0580. The second-order valence-corrected chi connectivity index (χ2v) is 20.7. The van der Waals surface area contributed by atoms with Crippen molar-refractivity contribution in [2.75, 3.05) is 26.4 Å². The van der Waals surface area contributed by atoms with Crippen molar-refractivity contribution in [1.82, 2.24) is 0 Å². The lowest BCUT2D eigenvalue weighted by atomic mass is 10.0. The predicted octanol–water partition coefficient (Wildman–Crippen LogP) is 13.5. The fraction of sp³-hybridized carbons (Fsp3) is 1.00. The van der Waals surface area contributed by atoms with Gasteiger partial charge in [0.05, 0.1) is 0 Å². The summed E-state index contributed by atoms with van der Waals surface area (Å²) in [6.07, 6.45) is 19.3. The van der Waals surface area contributed by atoms with Gasteiger partial charge in [-0.15, -0.1) is 0 Å². The maximum absolute atomic E-state index is 6.75. The maximum atomic E-state index is 6.75. The van der Waals surface area contributed by atoms with Gasteiger partial charge in [-0.05, 0) is 105 Å². The SMILES string of the molecule is CC(C)O[Si](OC(C)C)(OC(C)C)OC(C)C.CCCCC(CC)CO[Si](OCC(CC)CCCC)(OCC(CC)CCCC)OCC(CC)CCCC. The molecule has 0 saturated carbocycles. The van der Waals surface area contributed by atoms with E-state index in [2.05, 4.69) is 55.4 Å². The van der Waals surface area contributed by atoms with Gasteiger partial charge < -0.3 is 35.4 Å². The highest BCUT2D eigenvalue weighted by molar-refractivity contribution is 6.54. The van der Waals surface area contributed by atoms with Crippen molar-refractivity contribution in [1.29, 1.82) is 0 Å². The lowest BCUT2D eigenvalue weighted by Crippen LogP contribution is -2.54. The first-order valence-electron chi connectivity index (χ1n) is 22.9. The number of rotatable bonds is 36. The van der Waals surface area contributed by atoms with Crippen molar-refractivity contribution >= 4 is 18.1 Å². The van der Waals surface area contributed by atoms with Gasteiger partial charge in [0.15, 0.2) is 0 Å². The predicted molar refractivity (Wildman–Crippen MR) is 233 cm³/mol. The lowest BCUT2D eigenvalue weighted by Gasteiger charge is -2.33. The topological polar surface area (TPSA) is 73.8 Å². The van der Waals surface area contributed by atoms with E-state index in [1.807, 2.05) is 55.4 Å². The van der Waals surface area contributed by atoms with Crippen LogP contribution in [0.1, 0.15) is 214 Å². The van der Waals surface area contributed by atoms with E-state index in [1.165, 1.54) is 77.0 Å². The second-order valence-electron chi connectivity index (χ2n) is 16.6. The molecule has 0 amide bonds. The summed E-state index contributed by atoms with van der Waals surface area (Å²) in [6.45, 7) is 36.6. The van der Waals surface area contributed by atoms with E-state index in [4.69, 9.17) is 35.4 Å². The van der Waals surface area contributed by atoms with E-state index in [1.54, 1.807) is 0 Å². The van der Waals surface area contributed by atoms with Crippen LogP contribution in [0.5, 0.6) is 0 Å². The first-order chi connectivity index (χ1) is 25.6. The van der Waals surface area contributed by atoms with Crippen molar-refractivity contribution in [2.45, 2.75) is 238 Å². The van der Waals surface area contributed by atoms with E-state index in [-0.39, 0.29) is 24.4 Å². The van der Waals surface area contributed by atoms with Crippen LogP contribution in [0.15, 0.2) is 0 Å². The van der Waals surface area contributed by atoms with Gasteiger partial charge in [0.2, 0.25) is 0 Å². The Bertz CT molecular complexity index is 670. The van der Waals surface area contributed by atoms with Crippen LogP contribution in [-0.2, 0) is 35.4 Å². The van der Waals surface area contributed by atoms with Gasteiger partial charge in [0, 0.05) is 50.8 Å². The Morgan fingerprint density at radius 1 is 0.315 bits per heavy atom. The lowest BCUT2D eigenvalue weighted by molar-refractivity contribution is -0.0858. The van der Waals surface area contributed by atoms with Crippen LogP contribution in [-0.4, -0.2) is 68.9 Å². The van der Waals surface area contributed by atoms with Gasteiger partial charge in [-0.2, -0.15) is 0 Å². The monoisotopic (exact) mass is 809 g/mol. The zero-order valence-electron chi connectivity index (χ0n) is 39.0. The molecule has 0 radical (unpaired) electrons. The molecule has 0 saturated heterocycles. The molecule has 0 N–H and O–H groups in total. The molecule has 0 rings (SSSR count). The van der Waals surface area contributed by atoms with Crippen LogP contribution in [0.25, 0.3) is 0 Å². The Kier molecular flexibility index (Phi) is 36.5. The fourth-order valence-corrected chi connectivity index (χ4v) is 10.9. The number of hydrogen-bond acceptors (Lipinski definition) is 8. The smallest absolute Gasteiger partial charge is 0.351 e. The molecule has 0 spiro atoms. The van der Waals surface area contributed by atoms with Crippen molar-refractivity contribution < 1.29 is 35.4 Å². The molecular formula is C44H96O8Si2. The molecule has 0 aromatic carbocycles. The summed E-state index contributed by atoms with van der Waals surface area (Å²) < 4.78 is 50.4. The van der Waals surface area contributed by atoms with Gasteiger partial charge in [0.25, 0.3) is 0 Å². The normalized spacial score (nSPS) is 15.8. The van der Waals surface area contributed by atoms with Gasteiger partial charge in [-0.3, -0.25) is 0 Å². The van der Waals surface area contributed by atoms with Crippen molar-refractivity contribution in [3.8, 4) is 0 Å². The van der Waals surface area contributed by atoms with Gasteiger partial charge in [0.1, 0.15) is 0 Å². The highest BCUT2D eigenvalue weighted by Gasteiger charge is 2.50. The number of hydrogen-bond donors (Lipinski definition) is 0. The van der Waals surface area contributed by atoms with Crippen LogP contribution in [0.2, 0.25) is 0 Å². The van der Waals surface area contributed by atoms with Crippen LogP contribution < -0.4 is 0 Å². The van der Waals surface area contributed by atoms with Gasteiger partial charge in [-0.25, -0.2) is 0 Å². The minimum Gasteiger partial charge on any atom is -0.351 e.